The van der Waals surface area contributed by atoms with Gasteiger partial charge in [0.1, 0.15) is 12.4 Å². The number of amides is 2. The number of benzene rings is 1. The van der Waals surface area contributed by atoms with E-state index in [9.17, 15) is 9.59 Å². The van der Waals surface area contributed by atoms with Crippen molar-refractivity contribution in [1.82, 2.24) is 4.90 Å². The molecule has 0 saturated carbocycles. The fourth-order valence-electron chi connectivity index (χ4n) is 2.20. The Hall–Kier alpha value is -2.24. The molecule has 2 rings (SSSR count). The van der Waals surface area contributed by atoms with E-state index in [2.05, 4.69) is 0 Å². The van der Waals surface area contributed by atoms with Crippen molar-refractivity contribution in [2.75, 3.05) is 32.2 Å². The van der Waals surface area contributed by atoms with Gasteiger partial charge in [0, 0.05) is 31.3 Å². The van der Waals surface area contributed by atoms with Crippen LogP contribution in [0.3, 0.4) is 0 Å². The number of nitrogens with zero attached hydrogens (tertiary/aromatic N) is 2. The lowest BCUT2D eigenvalue weighted by Gasteiger charge is -2.27. The van der Waals surface area contributed by atoms with Crippen molar-refractivity contribution < 1.29 is 19.1 Å². The Morgan fingerprint density at radius 3 is 2.90 bits per heavy atom. The summed E-state index contributed by atoms with van der Waals surface area (Å²) in [6.07, 6.45) is -0.292. The normalized spacial score (nSPS) is 15.6. The van der Waals surface area contributed by atoms with Crippen LogP contribution in [0.1, 0.15) is 13.3 Å². The largest absolute Gasteiger partial charge is 0.497 e. The molecule has 0 aliphatic carbocycles. The summed E-state index contributed by atoms with van der Waals surface area (Å²) in [6.45, 7) is 2.57. The fraction of sp³-hybridized carbons (Fsp3) is 0.467. The van der Waals surface area contributed by atoms with Gasteiger partial charge in [0.25, 0.3) is 0 Å². The first kappa shape index (κ1) is 15.2. The molecular formula is C15H20N2O4. The quantitative estimate of drug-likeness (QED) is 0.829. The van der Waals surface area contributed by atoms with Crippen LogP contribution in [0.2, 0.25) is 0 Å². The molecule has 0 bridgehead atoms. The van der Waals surface area contributed by atoms with Crippen LogP contribution >= 0.6 is 0 Å². The minimum Gasteiger partial charge on any atom is -0.497 e. The molecule has 1 heterocycles. The molecule has 6 heteroatoms. The van der Waals surface area contributed by atoms with Crippen LogP contribution in [0.25, 0.3) is 0 Å². The van der Waals surface area contributed by atoms with Crippen molar-refractivity contribution in [3.63, 3.8) is 0 Å². The molecule has 1 saturated heterocycles. The summed E-state index contributed by atoms with van der Waals surface area (Å²) in [7, 11) is 3.53. The van der Waals surface area contributed by atoms with Crippen molar-refractivity contribution in [1.29, 1.82) is 0 Å². The van der Waals surface area contributed by atoms with E-state index in [0.29, 0.717) is 6.54 Å². The van der Waals surface area contributed by atoms with Crippen LogP contribution < -0.4 is 9.64 Å². The van der Waals surface area contributed by atoms with Crippen LogP contribution in [0.4, 0.5) is 10.5 Å². The van der Waals surface area contributed by atoms with Gasteiger partial charge in [0.15, 0.2) is 0 Å². The Morgan fingerprint density at radius 2 is 2.29 bits per heavy atom. The number of imide groups is 1. The molecule has 1 aromatic rings. The molecule has 1 unspecified atom stereocenters. The first-order chi connectivity index (χ1) is 10.0. The third-order valence-corrected chi connectivity index (χ3v) is 3.65. The van der Waals surface area contributed by atoms with Gasteiger partial charge in [-0.2, -0.15) is 0 Å². The molecule has 1 fully saturated rings. The molecular weight excluding hydrogens is 272 g/mol. The first-order valence-electron chi connectivity index (χ1n) is 6.87. The predicted octanol–water partition coefficient (Wildman–Crippen LogP) is 1.89. The van der Waals surface area contributed by atoms with Crippen molar-refractivity contribution in [3.8, 4) is 5.75 Å². The van der Waals surface area contributed by atoms with Crippen LogP contribution in [0, 0.1) is 0 Å². The highest BCUT2D eigenvalue weighted by atomic mass is 16.6. The third kappa shape index (κ3) is 3.45. The topological polar surface area (TPSA) is 59.1 Å². The molecule has 1 aromatic carbocycles. The van der Waals surface area contributed by atoms with Gasteiger partial charge in [-0.1, -0.05) is 6.07 Å². The maximum absolute atomic E-state index is 12.1. The minimum absolute atomic E-state index is 0.0435. The smallest absolute Gasteiger partial charge is 0.416 e. The summed E-state index contributed by atoms with van der Waals surface area (Å²) in [5, 5.41) is 0. The molecule has 0 aromatic heterocycles. The molecule has 1 aliphatic rings. The van der Waals surface area contributed by atoms with Crippen molar-refractivity contribution in [2.24, 2.45) is 0 Å². The number of cyclic esters (lactones) is 1. The van der Waals surface area contributed by atoms with Crippen LogP contribution in [0.5, 0.6) is 5.75 Å². The number of hydrogen-bond donors (Lipinski definition) is 0. The van der Waals surface area contributed by atoms with Gasteiger partial charge in [-0.25, -0.2) is 9.69 Å². The molecule has 2 amide bonds. The highest BCUT2D eigenvalue weighted by Crippen LogP contribution is 2.22. The number of carbonyl (C=O) groups is 2. The number of hydrogen-bond acceptors (Lipinski definition) is 5. The second-order valence-electron chi connectivity index (χ2n) is 5.03. The van der Waals surface area contributed by atoms with Crippen LogP contribution in [0.15, 0.2) is 24.3 Å². The molecule has 0 N–H and O–H groups in total. The number of rotatable bonds is 5. The van der Waals surface area contributed by atoms with Gasteiger partial charge in [-0.3, -0.25) is 4.79 Å². The van der Waals surface area contributed by atoms with E-state index in [1.165, 1.54) is 0 Å². The number of ether oxygens (including phenoxy) is 2. The van der Waals surface area contributed by atoms with Gasteiger partial charge < -0.3 is 14.4 Å². The Kier molecular flexibility index (Phi) is 4.67. The minimum atomic E-state index is -0.545. The van der Waals surface area contributed by atoms with Gasteiger partial charge in [-0.15, -0.1) is 0 Å². The van der Waals surface area contributed by atoms with Gasteiger partial charge >= 0.3 is 6.09 Å². The summed E-state index contributed by atoms with van der Waals surface area (Å²) < 4.78 is 9.98. The number of carbonyl (C=O) groups excluding carboxylic acids is 2. The van der Waals surface area contributed by atoms with Crippen LogP contribution in [-0.4, -0.2) is 50.3 Å². The van der Waals surface area contributed by atoms with E-state index in [4.69, 9.17) is 9.47 Å². The Bertz CT molecular complexity index is 532. The number of anilines is 1. The highest BCUT2D eigenvalue weighted by Gasteiger charge is 2.29. The molecule has 0 spiro atoms. The Balaban J connectivity index is 2.00. The van der Waals surface area contributed by atoms with Crippen molar-refractivity contribution in [2.45, 2.75) is 19.4 Å². The molecule has 0 radical (unpaired) electrons. The van der Waals surface area contributed by atoms with Crippen molar-refractivity contribution >= 4 is 17.7 Å². The summed E-state index contributed by atoms with van der Waals surface area (Å²) in [5.41, 5.74) is 0.957. The summed E-state index contributed by atoms with van der Waals surface area (Å²) in [4.78, 5) is 26.6. The monoisotopic (exact) mass is 292 g/mol. The van der Waals surface area contributed by atoms with Gasteiger partial charge in [0.2, 0.25) is 5.91 Å². The SMILES string of the molecule is COc1cccc(N(C)C(C)CC(=O)N2CCOC2=O)c1. The zero-order valence-electron chi connectivity index (χ0n) is 12.5. The average Bonchev–Trinajstić information content (AvgIpc) is 2.92. The molecule has 114 valence electrons. The maximum Gasteiger partial charge on any atom is 0.416 e. The zero-order valence-corrected chi connectivity index (χ0v) is 12.5. The fourth-order valence-corrected chi connectivity index (χ4v) is 2.20. The Morgan fingerprint density at radius 1 is 1.52 bits per heavy atom. The summed E-state index contributed by atoms with van der Waals surface area (Å²) >= 11 is 0. The maximum atomic E-state index is 12.1. The van der Waals surface area contributed by atoms with Crippen molar-refractivity contribution in [3.05, 3.63) is 24.3 Å². The lowest BCUT2D eigenvalue weighted by molar-refractivity contribution is -0.128. The highest BCUT2D eigenvalue weighted by molar-refractivity contribution is 5.93. The summed E-state index contributed by atoms with van der Waals surface area (Å²) in [6, 6.07) is 7.58. The van der Waals surface area contributed by atoms with E-state index in [1.54, 1.807) is 7.11 Å². The summed E-state index contributed by atoms with van der Waals surface area (Å²) in [5.74, 6) is 0.556. The van der Waals surface area contributed by atoms with E-state index in [0.717, 1.165) is 16.3 Å². The standard InChI is InChI=1S/C15H20N2O4/c1-11(9-14(18)17-7-8-21-15(17)19)16(2)12-5-4-6-13(10-12)20-3/h4-6,10-11H,7-9H2,1-3H3. The lowest BCUT2D eigenvalue weighted by Crippen LogP contribution is -2.38. The second kappa shape index (κ2) is 6.47. The molecule has 6 nitrogen and oxygen atoms in total. The average molecular weight is 292 g/mol. The van der Waals surface area contributed by atoms with Gasteiger partial charge in [0.05, 0.1) is 13.7 Å². The zero-order chi connectivity index (χ0) is 15.4. The first-order valence-corrected chi connectivity index (χ1v) is 6.87. The van der Waals surface area contributed by atoms with Gasteiger partial charge in [-0.05, 0) is 19.1 Å². The third-order valence-electron chi connectivity index (χ3n) is 3.65. The predicted molar refractivity (Wildman–Crippen MR) is 78.5 cm³/mol. The second-order valence-corrected chi connectivity index (χ2v) is 5.03. The van der Waals surface area contributed by atoms with E-state index in [1.807, 2.05) is 43.1 Å². The van der Waals surface area contributed by atoms with Crippen LogP contribution in [-0.2, 0) is 9.53 Å². The lowest BCUT2D eigenvalue weighted by atomic mass is 10.1. The van der Waals surface area contributed by atoms with E-state index < -0.39 is 6.09 Å². The molecule has 1 aliphatic heterocycles. The molecule has 1 atom stereocenters. The molecule has 21 heavy (non-hydrogen) atoms. The van der Waals surface area contributed by atoms with E-state index in [-0.39, 0.29) is 25.0 Å². The van der Waals surface area contributed by atoms with E-state index >= 15 is 0 Å². The number of methoxy groups -OCH3 is 1. The Labute approximate surface area is 124 Å².